The van der Waals surface area contributed by atoms with Crippen LogP contribution in [0.3, 0.4) is 0 Å². The van der Waals surface area contributed by atoms with Gasteiger partial charge in [0.2, 0.25) is 0 Å². The lowest BCUT2D eigenvalue weighted by atomic mass is 9.89. The zero-order chi connectivity index (χ0) is 23.2. The minimum Gasteiger partial charge on any atom is -0.320 e. The van der Waals surface area contributed by atoms with E-state index in [1.54, 1.807) is 18.2 Å². The molecule has 2 aliphatic rings. The Balaban J connectivity index is 1.46. The number of rotatable bonds is 6. The maximum atomic E-state index is 13.3. The molecular weight excluding hydrogens is 455 g/mol. The molecule has 0 saturated carbocycles. The molecule has 2 aromatic rings. The number of nitrogens with zero attached hydrogens (tertiary/aromatic N) is 3. The van der Waals surface area contributed by atoms with Crippen molar-refractivity contribution >= 4 is 40.5 Å². The zero-order valence-corrected chi connectivity index (χ0v) is 20.1. The zero-order valence-electron chi connectivity index (χ0n) is 18.6. The van der Waals surface area contributed by atoms with Crippen molar-refractivity contribution in [1.82, 2.24) is 9.80 Å². The first kappa shape index (κ1) is 23.6. The van der Waals surface area contributed by atoms with E-state index >= 15 is 0 Å². The van der Waals surface area contributed by atoms with Crippen LogP contribution in [0.2, 0.25) is 10.0 Å². The number of halogens is 2. The lowest BCUT2D eigenvalue weighted by Crippen LogP contribution is -2.47. The van der Waals surface area contributed by atoms with Gasteiger partial charge in [0, 0.05) is 24.8 Å². The number of hydrogen-bond acceptors (Lipinski definition) is 3. The smallest absolute Gasteiger partial charge is 0.320 e. The number of nitriles is 1. The molecule has 33 heavy (non-hydrogen) atoms. The van der Waals surface area contributed by atoms with Crippen molar-refractivity contribution in [2.45, 2.75) is 38.1 Å². The van der Waals surface area contributed by atoms with Gasteiger partial charge in [0.1, 0.15) is 0 Å². The Hall–Kier alpha value is -2.52. The SMILES string of the molecule is N#Cc1ccc(C2=CCC(N(CCN3CCCC3)C(=O)Nc3ccc(Cl)c(Cl)c3)CC2)cc1. The highest BCUT2D eigenvalue weighted by Gasteiger charge is 2.27. The molecule has 1 unspecified atom stereocenters. The van der Waals surface area contributed by atoms with Crippen molar-refractivity contribution in [1.29, 1.82) is 5.26 Å². The Morgan fingerprint density at radius 3 is 2.52 bits per heavy atom. The Morgan fingerprint density at radius 1 is 1.12 bits per heavy atom. The normalized spacial score (nSPS) is 18.5. The fraction of sp³-hybridized carbons (Fsp3) is 0.385. The summed E-state index contributed by atoms with van der Waals surface area (Å²) in [5, 5.41) is 12.9. The molecule has 0 radical (unpaired) electrons. The number of carbonyl (C=O) groups excluding carboxylic acids is 1. The third-order valence-electron chi connectivity index (χ3n) is 6.50. The predicted octanol–water partition coefficient (Wildman–Crippen LogP) is 6.43. The average molecular weight is 483 g/mol. The van der Waals surface area contributed by atoms with Gasteiger partial charge in [-0.25, -0.2) is 4.79 Å². The summed E-state index contributed by atoms with van der Waals surface area (Å²) < 4.78 is 0. The second-order valence-corrected chi connectivity index (χ2v) is 9.46. The molecule has 1 aliphatic heterocycles. The highest BCUT2D eigenvalue weighted by atomic mass is 35.5. The van der Waals surface area contributed by atoms with Crippen molar-refractivity contribution < 1.29 is 4.79 Å². The second-order valence-electron chi connectivity index (χ2n) is 8.65. The van der Waals surface area contributed by atoms with Crippen LogP contribution in [0.1, 0.15) is 43.2 Å². The minimum absolute atomic E-state index is 0.104. The third-order valence-corrected chi connectivity index (χ3v) is 7.24. The van der Waals surface area contributed by atoms with E-state index in [0.29, 0.717) is 27.8 Å². The fourth-order valence-corrected chi connectivity index (χ4v) is 4.90. The molecule has 1 fully saturated rings. The molecular formula is C26H28Cl2N4O. The van der Waals surface area contributed by atoms with Crippen LogP contribution in [0.15, 0.2) is 48.5 Å². The number of allylic oxidation sites excluding steroid dienone is 1. The van der Waals surface area contributed by atoms with Crippen molar-refractivity contribution in [3.63, 3.8) is 0 Å². The van der Waals surface area contributed by atoms with Gasteiger partial charge in [0.15, 0.2) is 0 Å². The summed E-state index contributed by atoms with van der Waals surface area (Å²) in [6.45, 7) is 3.79. The average Bonchev–Trinajstić information content (AvgIpc) is 3.36. The summed E-state index contributed by atoms with van der Waals surface area (Å²) in [5.74, 6) is 0. The highest BCUT2D eigenvalue weighted by Crippen LogP contribution is 2.30. The first-order chi connectivity index (χ1) is 16.0. The molecule has 2 amide bonds. The van der Waals surface area contributed by atoms with Crippen LogP contribution < -0.4 is 5.32 Å². The molecule has 1 aliphatic carbocycles. The van der Waals surface area contributed by atoms with E-state index in [9.17, 15) is 4.79 Å². The van der Waals surface area contributed by atoms with E-state index in [2.05, 4.69) is 22.4 Å². The second kappa shape index (κ2) is 11.1. The number of amides is 2. The Kier molecular flexibility index (Phi) is 7.93. The molecule has 1 N–H and O–H groups in total. The number of benzene rings is 2. The van der Waals surface area contributed by atoms with Gasteiger partial charge in [-0.05, 0) is 86.7 Å². The summed E-state index contributed by atoms with van der Waals surface area (Å²) in [4.78, 5) is 17.7. The Labute approximate surface area is 205 Å². The van der Waals surface area contributed by atoms with Gasteiger partial charge in [-0.15, -0.1) is 0 Å². The van der Waals surface area contributed by atoms with Crippen molar-refractivity contribution in [3.05, 3.63) is 69.7 Å². The van der Waals surface area contributed by atoms with Crippen molar-refractivity contribution in [2.75, 3.05) is 31.5 Å². The van der Waals surface area contributed by atoms with E-state index in [4.69, 9.17) is 28.5 Å². The molecule has 0 aromatic heterocycles. The Bertz CT molecular complexity index is 1050. The monoisotopic (exact) mass is 482 g/mol. The molecule has 1 atom stereocenters. The summed E-state index contributed by atoms with van der Waals surface area (Å²) >= 11 is 12.2. The fourth-order valence-electron chi connectivity index (χ4n) is 4.60. The van der Waals surface area contributed by atoms with Crippen LogP contribution in [0.25, 0.3) is 5.57 Å². The van der Waals surface area contributed by atoms with Crippen LogP contribution in [0.5, 0.6) is 0 Å². The van der Waals surface area contributed by atoms with E-state index in [-0.39, 0.29) is 12.1 Å². The number of nitrogens with one attached hydrogen (secondary N) is 1. The van der Waals surface area contributed by atoms with Gasteiger partial charge >= 0.3 is 6.03 Å². The van der Waals surface area contributed by atoms with Gasteiger partial charge in [-0.3, -0.25) is 0 Å². The summed E-state index contributed by atoms with van der Waals surface area (Å²) in [6, 6.07) is 15.1. The quantitative estimate of drug-likeness (QED) is 0.515. The van der Waals surface area contributed by atoms with Gasteiger partial charge in [0.25, 0.3) is 0 Å². The molecule has 5 nitrogen and oxygen atoms in total. The molecule has 4 rings (SSSR count). The number of anilines is 1. The minimum atomic E-state index is -0.104. The lowest BCUT2D eigenvalue weighted by Gasteiger charge is -2.35. The van der Waals surface area contributed by atoms with Crippen LogP contribution in [0.4, 0.5) is 10.5 Å². The summed E-state index contributed by atoms with van der Waals surface area (Å²) in [6.07, 6.45) is 7.32. The summed E-state index contributed by atoms with van der Waals surface area (Å²) in [5.41, 5.74) is 3.74. The Morgan fingerprint density at radius 2 is 1.88 bits per heavy atom. The van der Waals surface area contributed by atoms with E-state index in [0.717, 1.165) is 44.5 Å². The van der Waals surface area contributed by atoms with E-state index < -0.39 is 0 Å². The lowest BCUT2D eigenvalue weighted by molar-refractivity contribution is 0.170. The molecule has 0 spiro atoms. The number of likely N-dealkylation sites (tertiary alicyclic amines) is 1. The van der Waals surface area contributed by atoms with Gasteiger partial charge in [-0.1, -0.05) is 41.4 Å². The number of urea groups is 1. The van der Waals surface area contributed by atoms with Crippen LogP contribution >= 0.6 is 23.2 Å². The van der Waals surface area contributed by atoms with E-state index in [1.165, 1.54) is 18.4 Å². The topological polar surface area (TPSA) is 59.4 Å². The molecule has 172 valence electrons. The van der Waals surface area contributed by atoms with Crippen LogP contribution in [0, 0.1) is 11.3 Å². The maximum absolute atomic E-state index is 13.3. The standard InChI is InChI=1S/C26H28Cl2N4O/c27-24-12-9-22(17-25(24)28)30-26(33)32(16-15-31-13-1-2-14-31)23-10-7-21(8-11-23)20-5-3-19(18-29)4-6-20/h3-7,9,12,17,23H,1-2,8,10-11,13-16H2,(H,30,33). The molecule has 0 bridgehead atoms. The van der Waals surface area contributed by atoms with Gasteiger partial charge < -0.3 is 15.1 Å². The third kappa shape index (κ3) is 6.09. The molecule has 7 heteroatoms. The van der Waals surface area contributed by atoms with Crippen molar-refractivity contribution in [3.8, 4) is 6.07 Å². The van der Waals surface area contributed by atoms with Crippen LogP contribution in [-0.2, 0) is 0 Å². The molecule has 1 saturated heterocycles. The molecule has 1 heterocycles. The largest absolute Gasteiger partial charge is 0.322 e. The van der Waals surface area contributed by atoms with Crippen molar-refractivity contribution in [2.24, 2.45) is 0 Å². The number of carbonyl (C=O) groups is 1. The number of hydrogen-bond donors (Lipinski definition) is 1. The first-order valence-electron chi connectivity index (χ1n) is 11.5. The maximum Gasteiger partial charge on any atom is 0.322 e. The first-order valence-corrected chi connectivity index (χ1v) is 12.2. The van der Waals surface area contributed by atoms with E-state index in [1.807, 2.05) is 29.2 Å². The molecule has 2 aromatic carbocycles. The van der Waals surface area contributed by atoms with Crippen LogP contribution in [-0.4, -0.2) is 48.1 Å². The predicted molar refractivity (Wildman–Crippen MR) is 135 cm³/mol. The summed E-state index contributed by atoms with van der Waals surface area (Å²) in [7, 11) is 0. The highest BCUT2D eigenvalue weighted by molar-refractivity contribution is 6.42. The van der Waals surface area contributed by atoms with Gasteiger partial charge in [0.05, 0.1) is 21.7 Å². The van der Waals surface area contributed by atoms with Gasteiger partial charge in [-0.2, -0.15) is 5.26 Å².